The van der Waals surface area contributed by atoms with E-state index in [1.807, 2.05) is 12.1 Å². The third-order valence-electron chi connectivity index (χ3n) is 4.94. The minimum atomic E-state index is -1.43. The number of carbonyl (C=O) groups is 4. The van der Waals surface area contributed by atoms with Gasteiger partial charge in [0.1, 0.15) is 12.6 Å². The fourth-order valence-corrected chi connectivity index (χ4v) is 3.48. The lowest BCUT2D eigenvalue weighted by Gasteiger charge is -2.28. The van der Waals surface area contributed by atoms with Crippen LogP contribution in [0.25, 0.3) is 0 Å². The second-order valence-corrected chi connectivity index (χ2v) is 6.99. The van der Waals surface area contributed by atoms with Crippen molar-refractivity contribution in [3.8, 4) is 0 Å². The number of likely N-dealkylation sites (N-methyl/N-ethyl adjacent to an activating group) is 1. The third kappa shape index (κ3) is 3.89. The van der Waals surface area contributed by atoms with Crippen LogP contribution >= 0.6 is 0 Å². The van der Waals surface area contributed by atoms with Crippen molar-refractivity contribution in [2.75, 3.05) is 13.1 Å². The molecule has 1 saturated heterocycles. The van der Waals surface area contributed by atoms with Gasteiger partial charge in [0.15, 0.2) is 5.54 Å². The maximum Gasteiger partial charge on any atom is 0.326 e. The van der Waals surface area contributed by atoms with E-state index in [1.165, 1.54) is 6.92 Å². The summed E-state index contributed by atoms with van der Waals surface area (Å²) in [4.78, 5) is 51.4. The van der Waals surface area contributed by atoms with E-state index in [2.05, 4.69) is 16.0 Å². The van der Waals surface area contributed by atoms with E-state index in [9.17, 15) is 19.2 Å². The molecular weight excluding hydrogens is 384 g/mol. The zero-order chi connectivity index (χ0) is 21.7. The Morgan fingerprint density at radius 2 is 1.53 bits per heavy atom. The van der Waals surface area contributed by atoms with Crippen LogP contribution in [0, 0.1) is 0 Å². The fourth-order valence-electron chi connectivity index (χ4n) is 3.48. The van der Waals surface area contributed by atoms with Crippen LogP contribution in [0.3, 0.4) is 0 Å². The maximum atomic E-state index is 13.5. The number of benzene rings is 2. The highest BCUT2D eigenvalue weighted by atomic mass is 16.2. The molecule has 3 rings (SSSR count). The van der Waals surface area contributed by atoms with Crippen molar-refractivity contribution in [2.45, 2.75) is 25.4 Å². The van der Waals surface area contributed by atoms with E-state index in [-0.39, 0.29) is 5.91 Å². The molecule has 3 N–H and O–H groups in total. The van der Waals surface area contributed by atoms with Gasteiger partial charge in [0.2, 0.25) is 11.8 Å². The molecule has 0 bridgehead atoms. The summed E-state index contributed by atoms with van der Waals surface area (Å²) in [5.74, 6) is -1.49. The Labute approximate surface area is 174 Å². The van der Waals surface area contributed by atoms with Crippen molar-refractivity contribution in [1.29, 1.82) is 0 Å². The average molecular weight is 408 g/mol. The zero-order valence-corrected chi connectivity index (χ0v) is 16.8. The number of nitrogens with zero attached hydrogens (tertiary/aromatic N) is 1. The normalized spacial score (nSPS) is 16.0. The number of hydrogen-bond donors (Lipinski definition) is 3. The Morgan fingerprint density at radius 1 is 1.00 bits per heavy atom. The summed E-state index contributed by atoms with van der Waals surface area (Å²) in [6.45, 7) is 3.25. The summed E-state index contributed by atoms with van der Waals surface area (Å²) in [6, 6.07) is 16.3. The van der Waals surface area contributed by atoms with Gasteiger partial charge in [-0.2, -0.15) is 0 Å². The molecule has 2 aromatic rings. The number of amides is 5. The van der Waals surface area contributed by atoms with E-state index in [0.717, 1.165) is 4.90 Å². The maximum absolute atomic E-state index is 13.5. The van der Waals surface area contributed by atoms with E-state index in [1.54, 1.807) is 55.5 Å². The second kappa shape index (κ2) is 8.77. The summed E-state index contributed by atoms with van der Waals surface area (Å²) < 4.78 is 0. The van der Waals surface area contributed by atoms with E-state index < -0.39 is 36.0 Å². The molecule has 1 aliphatic rings. The first kappa shape index (κ1) is 21.0. The lowest BCUT2D eigenvalue weighted by Crippen LogP contribution is -2.49. The van der Waals surface area contributed by atoms with E-state index in [0.29, 0.717) is 17.7 Å². The van der Waals surface area contributed by atoms with E-state index in [4.69, 9.17) is 0 Å². The molecule has 0 saturated carbocycles. The van der Waals surface area contributed by atoms with Crippen LogP contribution < -0.4 is 16.0 Å². The molecule has 0 aliphatic carbocycles. The molecule has 30 heavy (non-hydrogen) atoms. The van der Waals surface area contributed by atoms with Crippen molar-refractivity contribution >= 4 is 23.8 Å². The van der Waals surface area contributed by atoms with Crippen LogP contribution in [-0.2, 0) is 19.9 Å². The molecule has 0 radical (unpaired) electrons. The van der Waals surface area contributed by atoms with Crippen LogP contribution in [0.15, 0.2) is 60.7 Å². The molecule has 1 aliphatic heterocycles. The standard InChI is InChI=1S/C22H24N4O4/c1-3-23-19(28)15(2)24-18(27)14-26-20(29)22(25-21(26)30,16-10-6-4-7-11-16)17-12-8-5-9-13-17/h4-13,15H,3,14H2,1-2H3,(H,23,28)(H,24,27)(H,25,30)/t15-/m1/s1. The molecule has 2 aromatic carbocycles. The minimum Gasteiger partial charge on any atom is -0.355 e. The molecule has 0 aromatic heterocycles. The molecule has 8 heteroatoms. The van der Waals surface area contributed by atoms with Gasteiger partial charge in [-0.15, -0.1) is 0 Å². The Balaban J connectivity index is 1.87. The zero-order valence-electron chi connectivity index (χ0n) is 16.8. The average Bonchev–Trinajstić information content (AvgIpc) is 3.00. The first-order valence-electron chi connectivity index (χ1n) is 9.72. The van der Waals surface area contributed by atoms with Gasteiger partial charge in [0.05, 0.1) is 0 Å². The Bertz CT molecular complexity index is 907. The molecule has 5 amide bonds. The number of imide groups is 1. The molecule has 1 atom stereocenters. The number of carbonyl (C=O) groups excluding carboxylic acids is 4. The van der Waals surface area contributed by atoms with Gasteiger partial charge in [-0.3, -0.25) is 19.3 Å². The molecule has 0 unspecified atom stereocenters. The summed E-state index contributed by atoms with van der Waals surface area (Å²) in [5, 5.41) is 7.90. The van der Waals surface area contributed by atoms with Crippen LogP contribution in [0.5, 0.6) is 0 Å². The smallest absolute Gasteiger partial charge is 0.326 e. The quantitative estimate of drug-likeness (QED) is 0.597. The fraction of sp³-hybridized carbons (Fsp3) is 0.273. The first-order valence-corrected chi connectivity index (χ1v) is 9.72. The summed E-state index contributed by atoms with van der Waals surface area (Å²) in [6.07, 6.45) is 0. The topological polar surface area (TPSA) is 108 Å². The van der Waals surface area contributed by atoms with Crippen LogP contribution in [0.4, 0.5) is 4.79 Å². The minimum absolute atomic E-state index is 0.342. The van der Waals surface area contributed by atoms with Crippen LogP contribution in [0.2, 0.25) is 0 Å². The highest BCUT2D eigenvalue weighted by Crippen LogP contribution is 2.35. The van der Waals surface area contributed by atoms with Gasteiger partial charge in [0.25, 0.3) is 5.91 Å². The molecule has 0 spiro atoms. The monoisotopic (exact) mass is 408 g/mol. The Morgan fingerprint density at radius 3 is 2.03 bits per heavy atom. The lowest BCUT2D eigenvalue weighted by atomic mass is 9.82. The van der Waals surface area contributed by atoms with Crippen molar-refractivity contribution in [3.63, 3.8) is 0 Å². The van der Waals surface area contributed by atoms with Gasteiger partial charge in [-0.05, 0) is 25.0 Å². The summed E-state index contributed by atoms with van der Waals surface area (Å²) >= 11 is 0. The third-order valence-corrected chi connectivity index (χ3v) is 4.94. The summed E-state index contributed by atoms with van der Waals surface area (Å²) in [7, 11) is 0. The van der Waals surface area contributed by atoms with Gasteiger partial charge in [-0.25, -0.2) is 4.79 Å². The number of hydrogen-bond acceptors (Lipinski definition) is 4. The summed E-state index contributed by atoms with van der Waals surface area (Å²) in [5.41, 5.74) is -0.244. The highest BCUT2D eigenvalue weighted by molar-refractivity contribution is 6.11. The molecule has 156 valence electrons. The molecule has 1 heterocycles. The van der Waals surface area contributed by atoms with Gasteiger partial charge < -0.3 is 16.0 Å². The number of rotatable bonds is 7. The number of urea groups is 1. The highest BCUT2D eigenvalue weighted by Gasteiger charge is 2.54. The van der Waals surface area contributed by atoms with Crippen molar-refractivity contribution in [1.82, 2.24) is 20.9 Å². The van der Waals surface area contributed by atoms with Crippen LogP contribution in [-0.4, -0.2) is 47.8 Å². The predicted molar refractivity (Wildman–Crippen MR) is 110 cm³/mol. The SMILES string of the molecule is CCNC(=O)[C@@H](C)NC(=O)CN1C(=O)NC(c2ccccc2)(c2ccccc2)C1=O. The largest absolute Gasteiger partial charge is 0.355 e. The van der Waals surface area contributed by atoms with Crippen molar-refractivity contribution in [2.24, 2.45) is 0 Å². The Hall–Kier alpha value is -3.68. The van der Waals surface area contributed by atoms with Gasteiger partial charge in [0, 0.05) is 6.54 Å². The van der Waals surface area contributed by atoms with Crippen molar-refractivity contribution in [3.05, 3.63) is 71.8 Å². The molecular formula is C22H24N4O4. The van der Waals surface area contributed by atoms with Gasteiger partial charge in [-0.1, -0.05) is 60.7 Å². The predicted octanol–water partition coefficient (Wildman–Crippen LogP) is 1.12. The molecule has 8 nitrogen and oxygen atoms in total. The Kier molecular flexibility index (Phi) is 6.15. The molecule has 1 fully saturated rings. The van der Waals surface area contributed by atoms with Crippen LogP contribution in [0.1, 0.15) is 25.0 Å². The first-order chi connectivity index (χ1) is 14.4. The van der Waals surface area contributed by atoms with E-state index >= 15 is 0 Å². The lowest BCUT2D eigenvalue weighted by molar-refractivity contribution is -0.135. The second-order valence-electron chi connectivity index (χ2n) is 6.99. The number of nitrogens with one attached hydrogen (secondary N) is 3. The van der Waals surface area contributed by atoms with Gasteiger partial charge >= 0.3 is 6.03 Å². The van der Waals surface area contributed by atoms with Crippen molar-refractivity contribution < 1.29 is 19.2 Å².